The number of ether oxygens (including phenoxy) is 1. The van der Waals surface area contributed by atoms with Gasteiger partial charge in [-0.3, -0.25) is 0 Å². The van der Waals surface area contributed by atoms with Gasteiger partial charge in [0.25, 0.3) is 0 Å². The van der Waals surface area contributed by atoms with Crippen LogP contribution >= 0.6 is 0 Å². The lowest BCUT2D eigenvalue weighted by atomic mass is 9.98. The predicted octanol–water partition coefficient (Wildman–Crippen LogP) is 3.60. The molecule has 1 atom stereocenters. The molecule has 0 spiro atoms. The molecule has 7 nitrogen and oxygen atoms in total. The third-order valence-electron chi connectivity index (χ3n) is 5.10. The molecule has 2 aromatic carbocycles. The molecular weight excluding hydrogens is 372 g/mol. The zero-order valence-corrected chi connectivity index (χ0v) is 15.6. The Labute approximate surface area is 167 Å². The van der Waals surface area contributed by atoms with Gasteiger partial charge in [-0.2, -0.15) is 0 Å². The van der Waals surface area contributed by atoms with Crippen LogP contribution in [0.2, 0.25) is 0 Å². The first kappa shape index (κ1) is 18.7. The first-order valence-corrected chi connectivity index (χ1v) is 9.35. The molecule has 3 aromatic rings. The van der Waals surface area contributed by atoms with Crippen molar-refractivity contribution in [3.63, 3.8) is 0 Å². The van der Waals surface area contributed by atoms with Gasteiger partial charge < -0.3 is 19.6 Å². The second-order valence-electron chi connectivity index (χ2n) is 6.87. The second kappa shape index (κ2) is 8.18. The Bertz CT molecular complexity index is 970. The van der Waals surface area contributed by atoms with Gasteiger partial charge in [0.05, 0.1) is 6.20 Å². The van der Waals surface area contributed by atoms with Crippen LogP contribution < -0.4 is 5.32 Å². The van der Waals surface area contributed by atoms with Gasteiger partial charge in [-0.25, -0.2) is 14.6 Å². The highest BCUT2D eigenvalue weighted by Gasteiger charge is 2.29. The molecule has 7 heteroatoms. The summed E-state index contributed by atoms with van der Waals surface area (Å²) in [5.41, 5.74) is 4.46. The molecule has 4 rings (SSSR count). The lowest BCUT2D eigenvalue weighted by molar-refractivity contribution is -0.139. The van der Waals surface area contributed by atoms with Gasteiger partial charge in [0.2, 0.25) is 0 Å². The van der Waals surface area contributed by atoms with Crippen molar-refractivity contribution in [2.24, 2.45) is 0 Å². The summed E-state index contributed by atoms with van der Waals surface area (Å²) in [5.74, 6) is -0.644. The predicted molar refractivity (Wildman–Crippen MR) is 104 cm³/mol. The first-order valence-electron chi connectivity index (χ1n) is 9.35. The van der Waals surface area contributed by atoms with Crippen molar-refractivity contribution in [1.82, 2.24) is 10.3 Å². The number of carbonyl (C=O) groups is 2. The van der Waals surface area contributed by atoms with Crippen molar-refractivity contribution in [3.05, 3.63) is 78.0 Å². The maximum absolute atomic E-state index is 12.3. The molecule has 1 aliphatic carbocycles. The zero-order chi connectivity index (χ0) is 20.2. The molecule has 0 unspecified atom stereocenters. The number of nitrogens with one attached hydrogen (secondary N) is 1. The van der Waals surface area contributed by atoms with Gasteiger partial charge >= 0.3 is 12.1 Å². The monoisotopic (exact) mass is 392 g/mol. The van der Waals surface area contributed by atoms with E-state index in [1.165, 1.54) is 12.6 Å². The topological polar surface area (TPSA) is 102 Å². The summed E-state index contributed by atoms with van der Waals surface area (Å²) in [6.45, 7) is 0.133. The Morgan fingerprint density at radius 2 is 1.76 bits per heavy atom. The maximum atomic E-state index is 12.3. The number of aromatic nitrogens is 1. The highest BCUT2D eigenvalue weighted by atomic mass is 16.5. The van der Waals surface area contributed by atoms with E-state index in [2.05, 4.69) is 22.4 Å². The van der Waals surface area contributed by atoms with Crippen molar-refractivity contribution in [1.29, 1.82) is 0 Å². The summed E-state index contributed by atoms with van der Waals surface area (Å²) in [4.78, 5) is 27.5. The summed E-state index contributed by atoms with van der Waals surface area (Å²) in [6.07, 6.45) is 2.57. The minimum Gasteiger partial charge on any atom is -0.480 e. The Morgan fingerprint density at radius 1 is 1.10 bits per heavy atom. The van der Waals surface area contributed by atoms with E-state index in [4.69, 9.17) is 9.15 Å². The minimum absolute atomic E-state index is 0.0781. The number of carbonyl (C=O) groups excluding carboxylic acids is 1. The minimum atomic E-state index is -1.13. The number of oxazole rings is 1. The summed E-state index contributed by atoms with van der Waals surface area (Å²) in [6, 6.07) is 15.0. The highest BCUT2D eigenvalue weighted by molar-refractivity contribution is 5.81. The van der Waals surface area contributed by atoms with E-state index < -0.39 is 18.1 Å². The number of nitrogens with zero attached hydrogens (tertiary/aromatic N) is 1. The SMILES string of the molecule is O=C(N[C@@H](CCc1cnco1)C(=O)O)OCC1c2ccccc2-c2ccccc21. The Balaban J connectivity index is 1.39. The van der Waals surface area contributed by atoms with Gasteiger partial charge in [-0.1, -0.05) is 48.5 Å². The molecule has 2 N–H and O–H groups in total. The van der Waals surface area contributed by atoms with E-state index in [0.717, 1.165) is 22.3 Å². The smallest absolute Gasteiger partial charge is 0.407 e. The van der Waals surface area contributed by atoms with Crippen molar-refractivity contribution in [3.8, 4) is 11.1 Å². The van der Waals surface area contributed by atoms with Gasteiger partial charge in [-0.15, -0.1) is 0 Å². The number of aryl methyl sites for hydroxylation is 1. The van der Waals surface area contributed by atoms with Crippen molar-refractivity contribution in [2.45, 2.75) is 24.8 Å². The molecule has 0 bridgehead atoms. The maximum Gasteiger partial charge on any atom is 0.407 e. The fraction of sp³-hybridized carbons (Fsp3) is 0.227. The summed E-state index contributed by atoms with van der Waals surface area (Å²) >= 11 is 0. The molecule has 0 aliphatic heterocycles. The van der Waals surface area contributed by atoms with Crippen LogP contribution in [0.4, 0.5) is 4.79 Å². The summed E-state index contributed by atoms with van der Waals surface area (Å²) in [5, 5.41) is 11.8. The van der Waals surface area contributed by atoms with Crippen LogP contribution in [0, 0.1) is 0 Å². The average Bonchev–Trinajstić information content (AvgIpc) is 3.35. The third-order valence-corrected chi connectivity index (χ3v) is 5.10. The standard InChI is InChI=1S/C22H20N2O5/c25-21(26)20(10-9-14-11-23-13-29-14)24-22(27)28-12-19-17-7-3-1-5-15(17)16-6-2-4-8-18(16)19/h1-8,11,13,19-20H,9-10,12H2,(H,24,27)(H,25,26)/t20-/m0/s1. The lowest BCUT2D eigenvalue weighted by Crippen LogP contribution is -2.41. The Hall–Kier alpha value is -3.61. The molecule has 0 saturated heterocycles. The summed E-state index contributed by atoms with van der Waals surface area (Å²) in [7, 11) is 0. The van der Waals surface area contributed by atoms with E-state index in [9.17, 15) is 14.7 Å². The number of carboxylic acid groups (broad SMARTS) is 1. The quantitative estimate of drug-likeness (QED) is 0.637. The van der Waals surface area contributed by atoms with Crippen LogP contribution in [-0.2, 0) is 16.0 Å². The van der Waals surface area contributed by atoms with Crippen molar-refractivity contribution in [2.75, 3.05) is 6.61 Å². The van der Waals surface area contributed by atoms with E-state index >= 15 is 0 Å². The molecule has 0 saturated carbocycles. The fourth-order valence-electron chi connectivity index (χ4n) is 3.69. The molecular formula is C22H20N2O5. The molecule has 1 aliphatic rings. The molecule has 1 amide bonds. The fourth-order valence-corrected chi connectivity index (χ4v) is 3.69. The molecule has 0 radical (unpaired) electrons. The van der Waals surface area contributed by atoms with E-state index in [-0.39, 0.29) is 18.9 Å². The molecule has 29 heavy (non-hydrogen) atoms. The highest BCUT2D eigenvalue weighted by Crippen LogP contribution is 2.44. The lowest BCUT2D eigenvalue weighted by Gasteiger charge is -2.17. The number of alkyl carbamates (subject to hydrolysis) is 1. The van der Waals surface area contributed by atoms with Crippen molar-refractivity contribution < 1.29 is 23.8 Å². The first-order chi connectivity index (χ1) is 14.1. The van der Waals surface area contributed by atoms with E-state index in [1.807, 2.05) is 36.4 Å². The average molecular weight is 392 g/mol. The van der Waals surface area contributed by atoms with Crippen LogP contribution in [0.25, 0.3) is 11.1 Å². The Morgan fingerprint density at radius 3 is 2.34 bits per heavy atom. The number of aliphatic carboxylic acids is 1. The van der Waals surface area contributed by atoms with Gasteiger partial charge in [0.1, 0.15) is 18.4 Å². The molecule has 148 valence electrons. The van der Waals surface area contributed by atoms with Gasteiger partial charge in [-0.05, 0) is 28.7 Å². The number of fused-ring (bicyclic) bond motifs is 3. The normalized spacial score (nSPS) is 13.4. The number of rotatable bonds is 7. The molecule has 1 aromatic heterocycles. The number of amides is 1. The second-order valence-corrected chi connectivity index (χ2v) is 6.87. The van der Waals surface area contributed by atoms with Crippen LogP contribution in [0.3, 0.4) is 0 Å². The van der Waals surface area contributed by atoms with Crippen LogP contribution in [0.1, 0.15) is 29.2 Å². The van der Waals surface area contributed by atoms with Gasteiger partial charge in [0, 0.05) is 12.3 Å². The van der Waals surface area contributed by atoms with Crippen LogP contribution in [0.5, 0.6) is 0 Å². The third kappa shape index (κ3) is 3.99. The number of hydrogen-bond donors (Lipinski definition) is 2. The Kier molecular flexibility index (Phi) is 5.29. The molecule has 1 heterocycles. The van der Waals surface area contributed by atoms with Crippen LogP contribution in [-0.4, -0.2) is 34.8 Å². The van der Waals surface area contributed by atoms with Crippen LogP contribution in [0.15, 0.2) is 65.5 Å². The summed E-state index contributed by atoms with van der Waals surface area (Å²) < 4.78 is 10.5. The van der Waals surface area contributed by atoms with Gasteiger partial charge in [0.15, 0.2) is 6.39 Å². The number of hydrogen-bond acceptors (Lipinski definition) is 5. The number of benzene rings is 2. The van der Waals surface area contributed by atoms with Crippen molar-refractivity contribution >= 4 is 12.1 Å². The van der Waals surface area contributed by atoms with E-state index in [0.29, 0.717) is 12.2 Å². The zero-order valence-electron chi connectivity index (χ0n) is 15.6. The largest absolute Gasteiger partial charge is 0.480 e. The molecule has 0 fully saturated rings. The number of carboxylic acids is 1. The van der Waals surface area contributed by atoms with E-state index in [1.54, 1.807) is 0 Å².